The molecule has 0 unspecified atom stereocenters. The van der Waals surface area contributed by atoms with Crippen LogP contribution in [0.15, 0.2) is 231 Å². The number of hydrogen-bond acceptors (Lipinski definition) is 2. The highest BCUT2D eigenvalue weighted by molar-refractivity contribution is 6.20. The Kier molecular flexibility index (Phi) is 8.18. The van der Waals surface area contributed by atoms with Crippen LogP contribution in [0.2, 0.25) is 0 Å². The highest BCUT2D eigenvalue weighted by Crippen LogP contribution is 2.43. The third-order valence-corrected chi connectivity index (χ3v) is 12.9. The summed E-state index contributed by atoms with van der Waals surface area (Å²) in [6.07, 6.45) is 0. The molecule has 0 N–H and O–H groups in total. The molecule has 10 aromatic carbocycles. The van der Waals surface area contributed by atoms with Crippen molar-refractivity contribution in [1.82, 2.24) is 19.1 Å². The summed E-state index contributed by atoms with van der Waals surface area (Å²) in [6.45, 7) is 0. The number of benzene rings is 10. The number of aromatic nitrogens is 4. The Morgan fingerprint density at radius 2 is 0.891 bits per heavy atom. The largest absolute Gasteiger partial charge is 0.309 e. The van der Waals surface area contributed by atoms with Crippen molar-refractivity contribution >= 4 is 65.4 Å². The van der Waals surface area contributed by atoms with Crippen LogP contribution in [0.1, 0.15) is 0 Å². The average Bonchev–Trinajstić information content (AvgIpc) is 3.89. The van der Waals surface area contributed by atoms with E-state index in [4.69, 9.17) is 9.97 Å². The summed E-state index contributed by atoms with van der Waals surface area (Å²) in [5, 5.41) is 7.13. The minimum Gasteiger partial charge on any atom is -0.309 e. The van der Waals surface area contributed by atoms with E-state index >= 15 is 0 Å². The third-order valence-electron chi connectivity index (χ3n) is 12.9. The standard InChI is InChI=1S/C60H38N4/c1-3-16-39(17-4-1)42-21-15-22-45(36-42)63-55-29-14-11-25-48(55)49-33-31-44(38-57(49)63)43-32-35-56-52(37-43)51-34-30-41-20-7-8-24-47(41)59(51)64(56)60-58(61-53-27-12-13-28-54(53)62-60)50-26-10-9-23-46(50)40-18-5-2-6-19-40/h1-38H. The van der Waals surface area contributed by atoms with Gasteiger partial charge in [0.2, 0.25) is 0 Å². The minimum atomic E-state index is 0.801. The molecule has 0 saturated heterocycles. The fraction of sp³-hybridized carbons (Fsp3) is 0. The van der Waals surface area contributed by atoms with E-state index in [0.717, 1.165) is 72.5 Å². The lowest BCUT2D eigenvalue weighted by atomic mass is 9.97. The molecular weight excluding hydrogens is 777 g/mol. The van der Waals surface area contributed by atoms with Gasteiger partial charge in [-0.2, -0.15) is 0 Å². The molecule has 3 heterocycles. The van der Waals surface area contributed by atoms with Crippen molar-refractivity contribution in [3.63, 3.8) is 0 Å². The normalized spacial score (nSPS) is 11.8. The van der Waals surface area contributed by atoms with Crippen molar-refractivity contribution in [3.05, 3.63) is 231 Å². The first-order valence-electron chi connectivity index (χ1n) is 21.8. The molecule has 3 aromatic heterocycles. The molecule has 298 valence electrons. The van der Waals surface area contributed by atoms with Crippen LogP contribution in [0.5, 0.6) is 0 Å². The molecule has 13 rings (SSSR count). The second-order valence-corrected chi connectivity index (χ2v) is 16.5. The molecule has 0 saturated carbocycles. The summed E-state index contributed by atoms with van der Waals surface area (Å²) in [7, 11) is 0. The maximum Gasteiger partial charge on any atom is 0.165 e. The minimum absolute atomic E-state index is 0.801. The highest BCUT2D eigenvalue weighted by atomic mass is 15.1. The van der Waals surface area contributed by atoms with E-state index in [9.17, 15) is 0 Å². The lowest BCUT2D eigenvalue weighted by Gasteiger charge is -2.17. The summed E-state index contributed by atoms with van der Waals surface area (Å²) < 4.78 is 4.79. The number of fused-ring (bicyclic) bond motifs is 9. The zero-order valence-electron chi connectivity index (χ0n) is 34.7. The highest BCUT2D eigenvalue weighted by Gasteiger charge is 2.23. The molecule has 64 heavy (non-hydrogen) atoms. The Morgan fingerprint density at radius 1 is 0.297 bits per heavy atom. The van der Waals surface area contributed by atoms with Gasteiger partial charge in [0.15, 0.2) is 5.82 Å². The van der Waals surface area contributed by atoms with Gasteiger partial charge in [0, 0.05) is 38.2 Å². The maximum atomic E-state index is 5.53. The van der Waals surface area contributed by atoms with Gasteiger partial charge in [-0.3, -0.25) is 4.57 Å². The van der Waals surface area contributed by atoms with Gasteiger partial charge in [0.1, 0.15) is 5.69 Å². The molecule has 4 heteroatoms. The van der Waals surface area contributed by atoms with Crippen LogP contribution < -0.4 is 0 Å². The predicted molar refractivity (Wildman–Crippen MR) is 267 cm³/mol. The van der Waals surface area contributed by atoms with Gasteiger partial charge < -0.3 is 4.57 Å². The summed E-state index contributed by atoms with van der Waals surface area (Å²) in [6, 6.07) is 82.7. The van der Waals surface area contributed by atoms with Gasteiger partial charge in [-0.15, -0.1) is 0 Å². The van der Waals surface area contributed by atoms with Crippen LogP contribution in [0, 0.1) is 0 Å². The average molecular weight is 815 g/mol. The molecule has 0 radical (unpaired) electrons. The second kappa shape index (κ2) is 14.5. The van der Waals surface area contributed by atoms with Crippen LogP contribution in [0.25, 0.3) is 122 Å². The van der Waals surface area contributed by atoms with E-state index in [-0.39, 0.29) is 0 Å². The zero-order valence-corrected chi connectivity index (χ0v) is 34.7. The van der Waals surface area contributed by atoms with Gasteiger partial charge >= 0.3 is 0 Å². The monoisotopic (exact) mass is 814 g/mol. The van der Waals surface area contributed by atoms with Crippen molar-refractivity contribution in [1.29, 1.82) is 0 Å². The lowest BCUT2D eigenvalue weighted by molar-refractivity contribution is 1.08. The lowest BCUT2D eigenvalue weighted by Crippen LogP contribution is -2.04. The summed E-state index contributed by atoms with van der Waals surface area (Å²) in [5.41, 5.74) is 16.2. The van der Waals surface area contributed by atoms with Crippen LogP contribution >= 0.6 is 0 Å². The van der Waals surface area contributed by atoms with E-state index < -0.39 is 0 Å². The molecule has 0 aliphatic heterocycles. The third kappa shape index (κ3) is 5.70. The summed E-state index contributed by atoms with van der Waals surface area (Å²) in [4.78, 5) is 11.0. The van der Waals surface area contributed by atoms with E-state index in [1.54, 1.807) is 0 Å². The summed E-state index contributed by atoms with van der Waals surface area (Å²) in [5.74, 6) is 0.801. The molecule has 0 aliphatic rings. The van der Waals surface area contributed by atoms with Crippen LogP contribution in [0.4, 0.5) is 0 Å². The van der Waals surface area contributed by atoms with Crippen molar-refractivity contribution in [2.45, 2.75) is 0 Å². The number of nitrogens with zero attached hydrogens (tertiary/aromatic N) is 4. The summed E-state index contributed by atoms with van der Waals surface area (Å²) >= 11 is 0. The van der Waals surface area contributed by atoms with E-state index in [1.807, 2.05) is 12.1 Å². The predicted octanol–water partition coefficient (Wildman–Crippen LogP) is 15.6. The number of rotatable bonds is 6. The van der Waals surface area contributed by atoms with Crippen LogP contribution in [-0.2, 0) is 0 Å². The first-order valence-corrected chi connectivity index (χ1v) is 21.8. The second-order valence-electron chi connectivity index (χ2n) is 16.5. The topological polar surface area (TPSA) is 35.6 Å². The van der Waals surface area contributed by atoms with Crippen molar-refractivity contribution in [2.24, 2.45) is 0 Å². The van der Waals surface area contributed by atoms with Gasteiger partial charge in [-0.1, -0.05) is 182 Å². The molecule has 0 bridgehead atoms. The molecule has 0 spiro atoms. The fourth-order valence-corrected chi connectivity index (χ4v) is 9.95. The molecule has 0 amide bonds. The Labute approximate surface area is 369 Å². The smallest absolute Gasteiger partial charge is 0.165 e. The Hall–Kier alpha value is -8.60. The molecule has 4 nitrogen and oxygen atoms in total. The van der Waals surface area contributed by atoms with Gasteiger partial charge in [0.25, 0.3) is 0 Å². The fourth-order valence-electron chi connectivity index (χ4n) is 9.95. The Morgan fingerprint density at radius 3 is 1.73 bits per heavy atom. The quantitative estimate of drug-likeness (QED) is 0.168. The zero-order chi connectivity index (χ0) is 42.1. The first-order chi connectivity index (χ1) is 31.7. The molecular formula is C60H38N4. The maximum absolute atomic E-state index is 5.53. The molecule has 0 aliphatic carbocycles. The molecule has 0 fully saturated rings. The number of para-hydroxylation sites is 3. The van der Waals surface area contributed by atoms with E-state index in [2.05, 4.69) is 228 Å². The van der Waals surface area contributed by atoms with E-state index in [1.165, 1.54) is 49.1 Å². The van der Waals surface area contributed by atoms with Crippen molar-refractivity contribution in [2.75, 3.05) is 0 Å². The Bertz CT molecular complexity index is 3950. The van der Waals surface area contributed by atoms with Crippen LogP contribution in [0.3, 0.4) is 0 Å². The first kappa shape index (κ1) is 36.1. The van der Waals surface area contributed by atoms with E-state index in [0.29, 0.717) is 0 Å². The van der Waals surface area contributed by atoms with Crippen LogP contribution in [-0.4, -0.2) is 19.1 Å². The van der Waals surface area contributed by atoms with Crippen molar-refractivity contribution in [3.8, 4) is 56.1 Å². The SMILES string of the molecule is c1ccc(-c2cccc(-n3c4ccccc4c4ccc(-c5ccc6c(c5)c5ccc7ccccc7c5n6-c5nc6ccccc6nc5-c5ccccc5-c5ccccc5)cc43)c2)cc1. The van der Waals surface area contributed by atoms with Gasteiger partial charge in [-0.05, 0) is 87.3 Å². The molecule has 13 aromatic rings. The number of hydrogen-bond donors (Lipinski definition) is 0. The molecule has 0 atom stereocenters. The van der Waals surface area contributed by atoms with Gasteiger partial charge in [0.05, 0.1) is 33.1 Å². The Balaban J connectivity index is 1.06. The van der Waals surface area contributed by atoms with Crippen molar-refractivity contribution < 1.29 is 0 Å². The van der Waals surface area contributed by atoms with Gasteiger partial charge in [-0.25, -0.2) is 9.97 Å².